The van der Waals surface area contributed by atoms with E-state index in [0.717, 1.165) is 24.3 Å². The Kier molecular flexibility index (Phi) is 5.29. The Balaban J connectivity index is 2.84. The normalized spacial score (nSPS) is 13.1. The second-order valence-corrected chi connectivity index (χ2v) is 3.84. The van der Waals surface area contributed by atoms with E-state index in [0.29, 0.717) is 0 Å². The van der Waals surface area contributed by atoms with Crippen LogP contribution in [0.15, 0.2) is 24.3 Å². The van der Waals surface area contributed by atoms with Crippen molar-refractivity contribution in [1.82, 2.24) is 5.32 Å². The van der Waals surface area contributed by atoms with Crippen molar-refractivity contribution in [2.75, 3.05) is 13.7 Å². The first-order valence-electron chi connectivity index (χ1n) is 5.45. The van der Waals surface area contributed by atoms with Gasteiger partial charge >= 0.3 is 6.18 Å². The molecule has 1 atom stereocenters. The smallest absolute Gasteiger partial charge is 0.384 e. The Morgan fingerprint density at radius 1 is 1.32 bits per heavy atom. The van der Waals surface area contributed by atoms with Crippen molar-refractivity contribution in [3.63, 3.8) is 0 Å². The molecule has 0 saturated carbocycles. The van der Waals surface area contributed by atoms with E-state index in [-0.39, 0.29) is 18.6 Å². The second-order valence-electron chi connectivity index (χ2n) is 3.84. The molecule has 1 aromatic rings. The molecule has 1 amide bonds. The van der Waals surface area contributed by atoms with Crippen LogP contribution in [0.25, 0.3) is 0 Å². The Hall–Kier alpha value is -1.63. The predicted octanol–water partition coefficient (Wildman–Crippen LogP) is 2.58. The standard InChI is InChI=1S/C12H13F4NO2/c1-19-7-6-10(18)17-11(12(14,15)16)8-2-4-9(13)5-3-8/h2-5,11H,6-7H2,1H3,(H,17,18)/t11-/m1/s1. The minimum Gasteiger partial charge on any atom is -0.384 e. The summed E-state index contributed by atoms with van der Waals surface area (Å²) < 4.78 is 55.8. The van der Waals surface area contributed by atoms with Gasteiger partial charge < -0.3 is 10.1 Å². The molecule has 0 radical (unpaired) electrons. The number of benzene rings is 1. The Morgan fingerprint density at radius 3 is 2.37 bits per heavy atom. The van der Waals surface area contributed by atoms with Crippen molar-refractivity contribution in [1.29, 1.82) is 0 Å². The van der Waals surface area contributed by atoms with Crippen LogP contribution in [0.5, 0.6) is 0 Å². The van der Waals surface area contributed by atoms with Gasteiger partial charge in [0.25, 0.3) is 0 Å². The molecule has 0 aliphatic carbocycles. The topological polar surface area (TPSA) is 38.3 Å². The monoisotopic (exact) mass is 279 g/mol. The van der Waals surface area contributed by atoms with Crippen molar-refractivity contribution in [3.05, 3.63) is 35.6 Å². The summed E-state index contributed by atoms with van der Waals surface area (Å²) in [5.41, 5.74) is -0.223. The van der Waals surface area contributed by atoms with E-state index in [1.54, 1.807) is 0 Å². The lowest BCUT2D eigenvalue weighted by atomic mass is 10.1. The number of carbonyl (C=O) groups is 1. The molecule has 19 heavy (non-hydrogen) atoms. The maximum Gasteiger partial charge on any atom is 0.412 e. The highest BCUT2D eigenvalue weighted by molar-refractivity contribution is 5.76. The highest BCUT2D eigenvalue weighted by Crippen LogP contribution is 2.32. The Labute approximate surface area is 107 Å². The van der Waals surface area contributed by atoms with Crippen LogP contribution in [-0.2, 0) is 9.53 Å². The summed E-state index contributed by atoms with van der Waals surface area (Å²) in [6.07, 6.45) is -4.83. The van der Waals surface area contributed by atoms with Crippen molar-refractivity contribution >= 4 is 5.91 Å². The minimum absolute atomic E-state index is 0.0276. The summed E-state index contributed by atoms with van der Waals surface area (Å²) in [4.78, 5) is 11.3. The lowest BCUT2D eigenvalue weighted by Gasteiger charge is -2.22. The fraction of sp³-hybridized carbons (Fsp3) is 0.417. The van der Waals surface area contributed by atoms with Gasteiger partial charge in [-0.2, -0.15) is 13.2 Å². The third-order valence-corrected chi connectivity index (χ3v) is 2.37. The summed E-state index contributed by atoms with van der Waals surface area (Å²) in [5, 5.41) is 1.86. The van der Waals surface area contributed by atoms with E-state index in [1.807, 2.05) is 5.32 Å². The Bertz CT molecular complexity index is 417. The molecule has 0 heterocycles. The van der Waals surface area contributed by atoms with E-state index < -0.39 is 23.9 Å². The number of halogens is 4. The van der Waals surface area contributed by atoms with Crippen LogP contribution in [-0.4, -0.2) is 25.8 Å². The van der Waals surface area contributed by atoms with Crippen molar-refractivity contribution in [3.8, 4) is 0 Å². The number of rotatable bonds is 5. The lowest BCUT2D eigenvalue weighted by molar-refractivity contribution is -0.163. The molecule has 0 spiro atoms. The summed E-state index contributed by atoms with van der Waals surface area (Å²) in [6.45, 7) is 0.0276. The van der Waals surface area contributed by atoms with Gasteiger partial charge in [-0.3, -0.25) is 4.79 Å². The van der Waals surface area contributed by atoms with Crippen LogP contribution in [0.1, 0.15) is 18.0 Å². The number of nitrogens with one attached hydrogen (secondary N) is 1. The van der Waals surface area contributed by atoms with Crippen LogP contribution in [0.3, 0.4) is 0 Å². The van der Waals surface area contributed by atoms with Gasteiger partial charge in [0.2, 0.25) is 5.91 Å². The molecule has 1 aromatic carbocycles. The fourth-order valence-electron chi connectivity index (χ4n) is 1.44. The quantitative estimate of drug-likeness (QED) is 0.841. The first-order chi connectivity index (χ1) is 8.84. The molecule has 1 N–H and O–H groups in total. The first-order valence-corrected chi connectivity index (χ1v) is 5.45. The van der Waals surface area contributed by atoms with Crippen LogP contribution < -0.4 is 5.32 Å². The second kappa shape index (κ2) is 6.51. The summed E-state index contributed by atoms with van der Waals surface area (Å²) in [7, 11) is 1.34. The molecule has 1 rings (SSSR count). The zero-order valence-corrected chi connectivity index (χ0v) is 10.1. The molecule has 0 aromatic heterocycles. The molecular weight excluding hydrogens is 266 g/mol. The van der Waals surface area contributed by atoms with Crippen molar-refractivity contribution in [2.24, 2.45) is 0 Å². The van der Waals surface area contributed by atoms with Crippen LogP contribution >= 0.6 is 0 Å². The number of amides is 1. The van der Waals surface area contributed by atoms with Crippen molar-refractivity contribution < 1.29 is 27.1 Å². The Morgan fingerprint density at radius 2 is 1.89 bits per heavy atom. The van der Waals surface area contributed by atoms with E-state index in [9.17, 15) is 22.4 Å². The van der Waals surface area contributed by atoms with E-state index in [2.05, 4.69) is 4.74 Å². The minimum atomic E-state index is -4.65. The van der Waals surface area contributed by atoms with Gasteiger partial charge in [-0.1, -0.05) is 12.1 Å². The summed E-state index contributed by atoms with van der Waals surface area (Å²) in [5.74, 6) is -1.43. The zero-order valence-electron chi connectivity index (χ0n) is 10.1. The third-order valence-electron chi connectivity index (χ3n) is 2.37. The van der Waals surface area contributed by atoms with Gasteiger partial charge in [0.1, 0.15) is 5.82 Å². The molecule has 0 bridgehead atoms. The zero-order chi connectivity index (χ0) is 14.5. The SMILES string of the molecule is COCCC(=O)N[C@H](c1ccc(F)cc1)C(F)(F)F. The number of ether oxygens (including phenoxy) is 1. The molecular formula is C12H13F4NO2. The maximum atomic E-state index is 12.8. The van der Waals surface area contributed by atoms with Gasteiger partial charge in [0.05, 0.1) is 6.61 Å². The first kappa shape index (κ1) is 15.4. The molecule has 0 aliphatic heterocycles. The van der Waals surface area contributed by atoms with E-state index in [1.165, 1.54) is 7.11 Å². The maximum absolute atomic E-state index is 12.8. The van der Waals surface area contributed by atoms with Crippen LogP contribution in [0.4, 0.5) is 17.6 Å². The van der Waals surface area contributed by atoms with Gasteiger partial charge in [0.15, 0.2) is 6.04 Å². The average molecular weight is 279 g/mol. The summed E-state index contributed by atoms with van der Waals surface area (Å²) in [6, 6.07) is 1.65. The van der Waals surface area contributed by atoms with Crippen LogP contribution in [0.2, 0.25) is 0 Å². The predicted molar refractivity (Wildman–Crippen MR) is 59.8 cm³/mol. The highest BCUT2D eigenvalue weighted by Gasteiger charge is 2.41. The number of hydrogen-bond donors (Lipinski definition) is 1. The van der Waals surface area contributed by atoms with Gasteiger partial charge in [0, 0.05) is 13.5 Å². The molecule has 106 valence electrons. The third kappa shape index (κ3) is 4.86. The van der Waals surface area contributed by atoms with E-state index >= 15 is 0 Å². The molecule has 0 unspecified atom stereocenters. The lowest BCUT2D eigenvalue weighted by Crippen LogP contribution is -2.38. The number of methoxy groups -OCH3 is 1. The average Bonchev–Trinajstić information content (AvgIpc) is 2.33. The molecule has 0 fully saturated rings. The van der Waals surface area contributed by atoms with Gasteiger partial charge in [-0.25, -0.2) is 4.39 Å². The highest BCUT2D eigenvalue weighted by atomic mass is 19.4. The molecule has 7 heteroatoms. The van der Waals surface area contributed by atoms with Gasteiger partial charge in [-0.05, 0) is 17.7 Å². The van der Waals surface area contributed by atoms with Crippen LogP contribution in [0, 0.1) is 5.82 Å². The number of alkyl halides is 3. The fourth-order valence-corrected chi connectivity index (χ4v) is 1.44. The number of hydrogen-bond acceptors (Lipinski definition) is 2. The largest absolute Gasteiger partial charge is 0.412 e. The number of carbonyl (C=O) groups excluding carboxylic acids is 1. The van der Waals surface area contributed by atoms with Gasteiger partial charge in [-0.15, -0.1) is 0 Å². The molecule has 3 nitrogen and oxygen atoms in total. The summed E-state index contributed by atoms with van der Waals surface area (Å²) >= 11 is 0. The molecule has 0 aliphatic rings. The molecule has 0 saturated heterocycles. The van der Waals surface area contributed by atoms with Crippen molar-refractivity contribution in [2.45, 2.75) is 18.6 Å². The van der Waals surface area contributed by atoms with E-state index in [4.69, 9.17) is 0 Å².